The lowest BCUT2D eigenvalue weighted by Crippen LogP contribution is -3.12. The Balaban J connectivity index is 1.69. The van der Waals surface area contributed by atoms with Crippen LogP contribution < -0.4 is 14.4 Å². The highest BCUT2D eigenvalue weighted by atomic mass is 16.5. The molecule has 0 radical (unpaired) electrons. The van der Waals surface area contributed by atoms with Gasteiger partial charge in [-0.05, 0) is 29.8 Å². The third-order valence-corrected chi connectivity index (χ3v) is 5.89. The fourth-order valence-corrected chi connectivity index (χ4v) is 4.32. The summed E-state index contributed by atoms with van der Waals surface area (Å²) < 4.78 is 16.0. The Morgan fingerprint density at radius 1 is 1.07 bits per heavy atom. The minimum absolute atomic E-state index is 0.0331. The normalized spacial score (nSPS) is 18.0. The number of hydrogen-bond donors (Lipinski definition) is 1. The fraction of sp³-hybridized carbons (Fsp3) is 0.333. The maximum atomic E-state index is 12.2. The highest BCUT2D eigenvalue weighted by Crippen LogP contribution is 2.35. The average Bonchev–Trinajstić information content (AvgIpc) is 2.79. The van der Waals surface area contributed by atoms with Crippen molar-refractivity contribution in [3.63, 3.8) is 0 Å². The highest BCUT2D eigenvalue weighted by Gasteiger charge is 2.34. The van der Waals surface area contributed by atoms with Crippen molar-refractivity contribution in [2.24, 2.45) is 0 Å². The van der Waals surface area contributed by atoms with Crippen LogP contribution >= 0.6 is 0 Å². The number of rotatable bonds is 6. The van der Waals surface area contributed by atoms with E-state index in [9.17, 15) is 4.79 Å². The Hall–Kier alpha value is -3.12. The molecule has 30 heavy (non-hydrogen) atoms. The van der Waals surface area contributed by atoms with Crippen molar-refractivity contribution in [2.45, 2.75) is 25.4 Å². The van der Waals surface area contributed by atoms with Gasteiger partial charge in [0, 0.05) is 17.4 Å². The van der Waals surface area contributed by atoms with Crippen molar-refractivity contribution in [3.8, 4) is 11.5 Å². The smallest absolute Gasteiger partial charge is 0.311 e. The molecule has 1 aromatic heterocycles. The molecule has 3 aromatic rings. The van der Waals surface area contributed by atoms with Crippen LogP contribution in [0.25, 0.3) is 10.9 Å². The zero-order chi connectivity index (χ0) is 21.1. The van der Waals surface area contributed by atoms with Crippen molar-refractivity contribution >= 4 is 16.9 Å². The van der Waals surface area contributed by atoms with Gasteiger partial charge < -0.3 is 19.1 Å². The molecule has 1 aliphatic heterocycles. The number of carbonyl (C=O) groups excluding carboxylic acids is 1. The lowest BCUT2D eigenvalue weighted by molar-refractivity contribution is -0.947. The van der Waals surface area contributed by atoms with Gasteiger partial charge in [-0.1, -0.05) is 24.3 Å². The second kappa shape index (κ2) is 8.71. The number of aromatic nitrogens is 1. The van der Waals surface area contributed by atoms with E-state index in [1.165, 1.54) is 17.6 Å². The van der Waals surface area contributed by atoms with Crippen LogP contribution in [0.3, 0.4) is 0 Å². The van der Waals surface area contributed by atoms with Crippen molar-refractivity contribution in [1.82, 2.24) is 4.98 Å². The Morgan fingerprint density at radius 3 is 2.60 bits per heavy atom. The Kier molecular flexibility index (Phi) is 5.86. The van der Waals surface area contributed by atoms with E-state index >= 15 is 0 Å². The van der Waals surface area contributed by atoms with Crippen molar-refractivity contribution in [1.29, 1.82) is 0 Å². The molecule has 0 bridgehead atoms. The standard InChI is InChI=1S/C24H26N2O4/c1-28-22-12-17-10-11-26(15-18-9-8-16-6-4-5-7-20(16)25-18)21(14-24(27)30-3)19(17)13-23(22)29-2/h4-9,12-13,21H,10-11,14-15H2,1-3H3/p+1/t21-/m0/s1. The quantitative estimate of drug-likeness (QED) is 0.636. The van der Waals surface area contributed by atoms with Gasteiger partial charge in [0.05, 0.1) is 39.1 Å². The molecular formula is C24H27N2O4+. The number of quaternary nitrogens is 1. The summed E-state index contributed by atoms with van der Waals surface area (Å²) in [6, 6.07) is 16.3. The van der Waals surface area contributed by atoms with Crippen LogP contribution in [0.4, 0.5) is 0 Å². The molecule has 2 atom stereocenters. The van der Waals surface area contributed by atoms with Crippen LogP contribution in [0.5, 0.6) is 11.5 Å². The molecule has 0 spiro atoms. The predicted molar refractivity (Wildman–Crippen MR) is 114 cm³/mol. The van der Waals surface area contributed by atoms with Gasteiger partial charge >= 0.3 is 5.97 Å². The number of hydrogen-bond acceptors (Lipinski definition) is 5. The molecular weight excluding hydrogens is 380 g/mol. The zero-order valence-corrected chi connectivity index (χ0v) is 17.6. The molecule has 0 amide bonds. The third kappa shape index (κ3) is 3.96. The first-order valence-electron chi connectivity index (χ1n) is 10.1. The fourth-order valence-electron chi connectivity index (χ4n) is 4.32. The van der Waals surface area contributed by atoms with Gasteiger partial charge in [0.15, 0.2) is 11.5 Å². The summed E-state index contributed by atoms with van der Waals surface area (Å²) in [6.45, 7) is 1.64. The molecule has 0 saturated carbocycles. The molecule has 0 saturated heterocycles. The summed E-state index contributed by atoms with van der Waals surface area (Å²) in [6.07, 6.45) is 1.21. The number of benzene rings is 2. The summed E-state index contributed by atoms with van der Waals surface area (Å²) in [5, 5.41) is 1.13. The van der Waals surface area contributed by atoms with Gasteiger partial charge in [0.1, 0.15) is 19.0 Å². The van der Waals surface area contributed by atoms with Gasteiger partial charge in [-0.15, -0.1) is 0 Å². The maximum Gasteiger partial charge on any atom is 0.311 e. The van der Waals surface area contributed by atoms with E-state index in [2.05, 4.69) is 18.2 Å². The number of nitrogens with one attached hydrogen (secondary N) is 1. The minimum Gasteiger partial charge on any atom is -0.493 e. The first kappa shape index (κ1) is 20.2. The Bertz CT molecular complexity index is 1070. The van der Waals surface area contributed by atoms with Crippen molar-refractivity contribution < 1.29 is 23.9 Å². The topological polar surface area (TPSA) is 62.1 Å². The van der Waals surface area contributed by atoms with Gasteiger partial charge in [-0.2, -0.15) is 0 Å². The van der Waals surface area contributed by atoms with Gasteiger partial charge in [0.25, 0.3) is 0 Å². The van der Waals surface area contributed by atoms with Crippen LogP contribution in [-0.4, -0.2) is 38.8 Å². The maximum absolute atomic E-state index is 12.2. The van der Waals surface area contributed by atoms with Gasteiger partial charge in [0.2, 0.25) is 0 Å². The Morgan fingerprint density at radius 2 is 1.83 bits per heavy atom. The summed E-state index contributed by atoms with van der Waals surface area (Å²) in [4.78, 5) is 18.4. The lowest BCUT2D eigenvalue weighted by atomic mass is 9.89. The van der Waals surface area contributed by atoms with Crippen molar-refractivity contribution in [3.05, 3.63) is 65.4 Å². The molecule has 1 N–H and O–H groups in total. The SMILES string of the molecule is COC(=O)C[C@H]1c2cc(OC)c(OC)cc2CC[NH+]1Cc1ccc2ccccc2n1. The molecule has 156 valence electrons. The third-order valence-electron chi connectivity index (χ3n) is 5.89. The number of pyridine rings is 1. The number of methoxy groups -OCH3 is 3. The van der Waals surface area contributed by atoms with Crippen LogP contribution in [0.15, 0.2) is 48.5 Å². The largest absolute Gasteiger partial charge is 0.493 e. The van der Waals surface area contributed by atoms with E-state index in [4.69, 9.17) is 19.2 Å². The Labute approximate surface area is 176 Å². The molecule has 0 fully saturated rings. The molecule has 2 aromatic carbocycles. The second-order valence-corrected chi connectivity index (χ2v) is 7.57. The van der Waals surface area contributed by atoms with E-state index in [0.717, 1.165) is 41.7 Å². The van der Waals surface area contributed by atoms with Gasteiger partial charge in [-0.25, -0.2) is 4.98 Å². The van der Waals surface area contributed by atoms with Crippen LogP contribution in [0.1, 0.15) is 29.3 Å². The van der Waals surface area contributed by atoms with E-state index in [0.29, 0.717) is 17.9 Å². The number of nitrogens with zero attached hydrogens (tertiary/aromatic N) is 1. The first-order chi connectivity index (χ1) is 14.6. The van der Waals surface area contributed by atoms with E-state index in [-0.39, 0.29) is 12.0 Å². The van der Waals surface area contributed by atoms with Crippen LogP contribution in [0.2, 0.25) is 0 Å². The molecule has 0 aliphatic carbocycles. The highest BCUT2D eigenvalue weighted by molar-refractivity contribution is 5.78. The molecule has 6 heteroatoms. The number of esters is 1. The molecule has 4 rings (SSSR count). The summed E-state index contributed by atoms with van der Waals surface area (Å²) in [5.41, 5.74) is 4.31. The zero-order valence-electron chi connectivity index (χ0n) is 17.6. The monoisotopic (exact) mass is 407 g/mol. The first-order valence-corrected chi connectivity index (χ1v) is 10.1. The molecule has 2 heterocycles. The molecule has 1 unspecified atom stereocenters. The number of ether oxygens (including phenoxy) is 3. The summed E-state index contributed by atoms with van der Waals surface area (Å²) in [5.74, 6) is 1.18. The van der Waals surface area contributed by atoms with Gasteiger partial charge in [-0.3, -0.25) is 4.79 Å². The minimum atomic E-state index is -0.216. The molecule has 6 nitrogen and oxygen atoms in total. The number of fused-ring (bicyclic) bond motifs is 2. The van der Waals surface area contributed by atoms with Crippen molar-refractivity contribution in [2.75, 3.05) is 27.9 Å². The summed E-state index contributed by atoms with van der Waals surface area (Å²) in [7, 11) is 4.71. The van der Waals surface area contributed by atoms with E-state index in [1.807, 2.05) is 30.3 Å². The second-order valence-electron chi connectivity index (χ2n) is 7.57. The lowest BCUT2D eigenvalue weighted by Gasteiger charge is -2.34. The van der Waals surface area contributed by atoms with Crippen LogP contribution in [-0.2, 0) is 22.5 Å². The van der Waals surface area contributed by atoms with E-state index in [1.54, 1.807) is 14.2 Å². The number of carbonyl (C=O) groups is 1. The average molecular weight is 407 g/mol. The molecule has 1 aliphatic rings. The number of para-hydroxylation sites is 1. The predicted octanol–water partition coefficient (Wildman–Crippen LogP) is 2.50. The summed E-state index contributed by atoms with van der Waals surface area (Å²) >= 11 is 0. The van der Waals surface area contributed by atoms with Crippen LogP contribution in [0, 0.1) is 0 Å². The van der Waals surface area contributed by atoms with E-state index < -0.39 is 0 Å².